The van der Waals surface area contributed by atoms with Crippen LogP contribution in [0.5, 0.6) is 0 Å². The Bertz CT molecular complexity index is 326. The summed E-state index contributed by atoms with van der Waals surface area (Å²) in [4.78, 5) is 31.8. The molecule has 0 aromatic carbocycles. The van der Waals surface area contributed by atoms with Gasteiger partial charge < -0.3 is 9.47 Å². The SMILES string of the molecule is C=CC(=O)OCC(CC)(CCCOOC)COC(=O)C=C. The summed E-state index contributed by atoms with van der Waals surface area (Å²) < 4.78 is 10.2. The predicted molar refractivity (Wildman–Crippen MR) is 77.2 cm³/mol. The van der Waals surface area contributed by atoms with Crippen LogP contribution in [0.1, 0.15) is 26.2 Å². The Hall–Kier alpha value is -1.66. The molecule has 0 rings (SSSR count). The molecule has 21 heavy (non-hydrogen) atoms. The lowest BCUT2D eigenvalue weighted by Gasteiger charge is -2.31. The molecule has 0 spiro atoms. The molecule has 0 unspecified atom stereocenters. The van der Waals surface area contributed by atoms with E-state index < -0.39 is 17.4 Å². The molecule has 0 aromatic heterocycles. The first-order valence-electron chi connectivity index (χ1n) is 6.77. The van der Waals surface area contributed by atoms with Crippen LogP contribution < -0.4 is 0 Å². The van der Waals surface area contributed by atoms with Crippen molar-refractivity contribution in [3.63, 3.8) is 0 Å². The number of hydrogen-bond acceptors (Lipinski definition) is 6. The van der Waals surface area contributed by atoms with Gasteiger partial charge in [0.1, 0.15) is 13.2 Å². The van der Waals surface area contributed by atoms with E-state index in [9.17, 15) is 9.59 Å². The minimum atomic E-state index is -0.504. The van der Waals surface area contributed by atoms with Crippen LogP contribution in [0, 0.1) is 5.41 Å². The van der Waals surface area contributed by atoms with Gasteiger partial charge in [0.25, 0.3) is 0 Å². The smallest absolute Gasteiger partial charge is 0.330 e. The van der Waals surface area contributed by atoms with Gasteiger partial charge in [-0.25, -0.2) is 19.4 Å². The van der Waals surface area contributed by atoms with Gasteiger partial charge in [0, 0.05) is 17.6 Å². The van der Waals surface area contributed by atoms with Crippen molar-refractivity contribution in [2.75, 3.05) is 26.9 Å². The molecular weight excluding hydrogens is 276 g/mol. The highest BCUT2D eigenvalue weighted by Crippen LogP contribution is 2.29. The maximum Gasteiger partial charge on any atom is 0.330 e. The third-order valence-corrected chi connectivity index (χ3v) is 3.18. The zero-order valence-corrected chi connectivity index (χ0v) is 12.8. The Balaban J connectivity index is 4.64. The normalized spacial score (nSPS) is 10.8. The first-order valence-corrected chi connectivity index (χ1v) is 6.77. The molecule has 6 heteroatoms. The minimum Gasteiger partial charge on any atom is -0.462 e. The van der Waals surface area contributed by atoms with E-state index in [2.05, 4.69) is 18.0 Å². The van der Waals surface area contributed by atoms with Crippen molar-refractivity contribution in [1.29, 1.82) is 0 Å². The average Bonchev–Trinajstić information content (AvgIpc) is 2.52. The van der Waals surface area contributed by atoms with Gasteiger partial charge in [0.2, 0.25) is 0 Å². The quantitative estimate of drug-likeness (QED) is 0.181. The fourth-order valence-electron chi connectivity index (χ4n) is 1.72. The van der Waals surface area contributed by atoms with Gasteiger partial charge in [-0.2, -0.15) is 0 Å². The van der Waals surface area contributed by atoms with Crippen LogP contribution in [0.15, 0.2) is 25.3 Å². The summed E-state index contributed by atoms with van der Waals surface area (Å²) in [7, 11) is 1.44. The van der Waals surface area contributed by atoms with E-state index in [1.807, 2.05) is 6.92 Å². The van der Waals surface area contributed by atoms with Crippen LogP contribution in [0.25, 0.3) is 0 Å². The van der Waals surface area contributed by atoms with Crippen LogP contribution in [0.4, 0.5) is 0 Å². The van der Waals surface area contributed by atoms with Crippen molar-refractivity contribution in [1.82, 2.24) is 0 Å². The number of carbonyl (C=O) groups excluding carboxylic acids is 2. The molecule has 0 saturated carbocycles. The number of ether oxygens (including phenoxy) is 2. The Morgan fingerprint density at radius 3 is 2.00 bits per heavy atom. The molecule has 120 valence electrons. The predicted octanol–water partition coefficient (Wildman–Crippen LogP) is 2.20. The molecule has 0 saturated heterocycles. The second-order valence-corrected chi connectivity index (χ2v) is 4.57. The lowest BCUT2D eigenvalue weighted by Crippen LogP contribution is -2.34. The summed E-state index contributed by atoms with van der Waals surface area (Å²) in [5.74, 6) is -1.01. The van der Waals surface area contributed by atoms with Gasteiger partial charge in [-0.1, -0.05) is 20.1 Å². The second kappa shape index (κ2) is 11.0. The fraction of sp³-hybridized carbons (Fsp3) is 0.600. The molecule has 0 bridgehead atoms. The van der Waals surface area contributed by atoms with Gasteiger partial charge in [0.15, 0.2) is 0 Å². The molecular formula is C15H24O6. The number of hydrogen-bond donors (Lipinski definition) is 0. The van der Waals surface area contributed by atoms with E-state index in [0.717, 1.165) is 12.2 Å². The minimum absolute atomic E-state index is 0.145. The van der Waals surface area contributed by atoms with Crippen molar-refractivity contribution in [3.8, 4) is 0 Å². The molecule has 0 atom stereocenters. The standard InChI is InChI=1S/C15H24O6/c1-5-13(16)19-11-15(7-3,9-8-10-21-18-4)12-20-14(17)6-2/h5-6H,1-2,7-12H2,3-4H3. The van der Waals surface area contributed by atoms with E-state index in [4.69, 9.17) is 14.4 Å². The van der Waals surface area contributed by atoms with Crippen LogP contribution in [0.3, 0.4) is 0 Å². The zero-order chi connectivity index (χ0) is 16.1. The fourth-order valence-corrected chi connectivity index (χ4v) is 1.72. The Morgan fingerprint density at radius 2 is 1.62 bits per heavy atom. The molecule has 6 nitrogen and oxygen atoms in total. The van der Waals surface area contributed by atoms with E-state index >= 15 is 0 Å². The Kier molecular flexibility index (Phi) is 10.2. The van der Waals surface area contributed by atoms with E-state index in [0.29, 0.717) is 25.9 Å². The molecule has 0 N–H and O–H groups in total. The Morgan fingerprint density at radius 1 is 1.10 bits per heavy atom. The van der Waals surface area contributed by atoms with Gasteiger partial charge in [-0.3, -0.25) is 0 Å². The molecule has 0 amide bonds. The second-order valence-electron chi connectivity index (χ2n) is 4.57. The lowest BCUT2D eigenvalue weighted by atomic mass is 9.82. The van der Waals surface area contributed by atoms with E-state index in [1.165, 1.54) is 7.11 Å². The lowest BCUT2D eigenvalue weighted by molar-refractivity contribution is -0.273. The van der Waals surface area contributed by atoms with Crippen LogP contribution in [0.2, 0.25) is 0 Å². The van der Waals surface area contributed by atoms with Crippen molar-refractivity contribution in [2.24, 2.45) is 5.41 Å². The summed E-state index contributed by atoms with van der Waals surface area (Å²) in [6.45, 7) is 9.34. The molecule has 0 radical (unpaired) electrons. The first kappa shape index (κ1) is 19.3. The van der Waals surface area contributed by atoms with E-state index in [1.54, 1.807) is 0 Å². The molecule has 0 aliphatic carbocycles. The number of carbonyl (C=O) groups is 2. The van der Waals surface area contributed by atoms with Gasteiger partial charge in [-0.05, 0) is 19.3 Å². The third kappa shape index (κ3) is 8.27. The van der Waals surface area contributed by atoms with Crippen molar-refractivity contribution < 1.29 is 28.8 Å². The number of rotatable bonds is 12. The summed E-state index contributed by atoms with van der Waals surface area (Å²) in [6.07, 6.45) is 4.21. The monoisotopic (exact) mass is 300 g/mol. The maximum atomic E-state index is 11.2. The summed E-state index contributed by atoms with van der Waals surface area (Å²) >= 11 is 0. The van der Waals surface area contributed by atoms with Gasteiger partial charge in [-0.15, -0.1) is 0 Å². The van der Waals surface area contributed by atoms with Crippen molar-refractivity contribution >= 4 is 11.9 Å². The molecule has 0 aromatic rings. The molecule has 0 heterocycles. The van der Waals surface area contributed by atoms with Gasteiger partial charge >= 0.3 is 11.9 Å². The summed E-state index contributed by atoms with van der Waals surface area (Å²) in [5.41, 5.74) is -0.464. The van der Waals surface area contributed by atoms with E-state index in [-0.39, 0.29) is 13.2 Å². The summed E-state index contributed by atoms with van der Waals surface area (Å²) in [6, 6.07) is 0. The Labute approximate surface area is 125 Å². The molecule has 0 aliphatic heterocycles. The average molecular weight is 300 g/mol. The van der Waals surface area contributed by atoms with Gasteiger partial charge in [0.05, 0.1) is 13.7 Å². The summed E-state index contributed by atoms with van der Waals surface area (Å²) in [5, 5.41) is 0. The van der Waals surface area contributed by atoms with Crippen LogP contribution in [-0.4, -0.2) is 38.9 Å². The number of esters is 2. The molecule has 0 aliphatic rings. The highest BCUT2D eigenvalue weighted by Gasteiger charge is 2.31. The largest absolute Gasteiger partial charge is 0.462 e. The zero-order valence-electron chi connectivity index (χ0n) is 12.8. The van der Waals surface area contributed by atoms with Crippen molar-refractivity contribution in [2.45, 2.75) is 26.2 Å². The van der Waals surface area contributed by atoms with Crippen molar-refractivity contribution in [3.05, 3.63) is 25.3 Å². The highest BCUT2D eigenvalue weighted by molar-refractivity contribution is 5.81. The maximum absolute atomic E-state index is 11.2. The van der Waals surface area contributed by atoms with Crippen LogP contribution >= 0.6 is 0 Å². The topological polar surface area (TPSA) is 71.1 Å². The highest BCUT2D eigenvalue weighted by atomic mass is 17.2. The first-order chi connectivity index (χ1) is 10.0. The van der Waals surface area contributed by atoms with Crippen LogP contribution in [-0.2, 0) is 28.8 Å². The molecule has 0 fully saturated rings. The third-order valence-electron chi connectivity index (χ3n) is 3.18.